The lowest BCUT2D eigenvalue weighted by Gasteiger charge is -2.34. The molecule has 0 aromatic rings. The number of hydrogen-bond donors (Lipinski definition) is 1. The third-order valence-corrected chi connectivity index (χ3v) is 4.92. The number of hydrogen-bond acceptors (Lipinski definition) is 2. The third kappa shape index (κ3) is 2.43. The van der Waals surface area contributed by atoms with E-state index in [0.29, 0.717) is 17.5 Å². The van der Waals surface area contributed by atoms with Crippen LogP contribution >= 0.6 is 0 Å². The second-order valence-electron chi connectivity index (χ2n) is 6.69. The average Bonchev–Trinajstić information content (AvgIpc) is 2.42. The largest absolute Gasteiger partial charge is 0.326 e. The summed E-state index contributed by atoms with van der Waals surface area (Å²) in [5.41, 5.74) is 6.78. The molecule has 16 heavy (non-hydrogen) atoms. The lowest BCUT2D eigenvalue weighted by atomic mass is 9.87. The van der Waals surface area contributed by atoms with Crippen molar-refractivity contribution in [2.75, 3.05) is 13.1 Å². The van der Waals surface area contributed by atoms with Crippen molar-refractivity contribution >= 4 is 0 Å². The Labute approximate surface area is 101 Å². The van der Waals surface area contributed by atoms with E-state index in [9.17, 15) is 0 Å². The van der Waals surface area contributed by atoms with Crippen LogP contribution in [0.3, 0.4) is 0 Å². The topological polar surface area (TPSA) is 29.3 Å². The summed E-state index contributed by atoms with van der Waals surface area (Å²) < 4.78 is 0. The number of likely N-dealkylation sites (tertiary alicyclic amines) is 1. The Morgan fingerprint density at radius 1 is 1.12 bits per heavy atom. The van der Waals surface area contributed by atoms with Crippen molar-refractivity contribution in [1.82, 2.24) is 4.90 Å². The Balaban J connectivity index is 1.97. The molecule has 2 heteroatoms. The van der Waals surface area contributed by atoms with Gasteiger partial charge in [-0.1, -0.05) is 20.8 Å². The molecule has 2 rings (SSSR count). The molecular formula is C14H28N2. The van der Waals surface area contributed by atoms with E-state index in [4.69, 9.17) is 5.73 Å². The van der Waals surface area contributed by atoms with Gasteiger partial charge in [-0.15, -0.1) is 0 Å². The maximum atomic E-state index is 6.43. The van der Waals surface area contributed by atoms with Crippen LogP contribution in [-0.4, -0.2) is 30.1 Å². The molecule has 3 unspecified atom stereocenters. The van der Waals surface area contributed by atoms with Crippen molar-refractivity contribution in [2.24, 2.45) is 17.1 Å². The van der Waals surface area contributed by atoms with Gasteiger partial charge in [0.25, 0.3) is 0 Å². The van der Waals surface area contributed by atoms with Gasteiger partial charge in [0.2, 0.25) is 0 Å². The molecule has 0 aromatic carbocycles. The molecule has 3 atom stereocenters. The van der Waals surface area contributed by atoms with E-state index in [2.05, 4.69) is 25.7 Å². The summed E-state index contributed by atoms with van der Waals surface area (Å²) in [5.74, 6) is 0.913. The van der Waals surface area contributed by atoms with E-state index in [1.54, 1.807) is 0 Å². The third-order valence-electron chi connectivity index (χ3n) is 4.92. The van der Waals surface area contributed by atoms with E-state index in [1.165, 1.54) is 45.2 Å². The molecule has 0 bridgehead atoms. The maximum absolute atomic E-state index is 6.43. The quantitative estimate of drug-likeness (QED) is 0.742. The minimum Gasteiger partial charge on any atom is -0.326 e. The Bertz CT molecular complexity index is 237. The van der Waals surface area contributed by atoms with Gasteiger partial charge in [-0.2, -0.15) is 0 Å². The van der Waals surface area contributed by atoms with Crippen molar-refractivity contribution in [3.63, 3.8) is 0 Å². The average molecular weight is 224 g/mol. The van der Waals surface area contributed by atoms with Crippen molar-refractivity contribution in [3.05, 3.63) is 0 Å². The van der Waals surface area contributed by atoms with Gasteiger partial charge in [-0.25, -0.2) is 0 Å². The second-order valence-corrected chi connectivity index (χ2v) is 6.69. The van der Waals surface area contributed by atoms with Gasteiger partial charge in [0.05, 0.1) is 0 Å². The summed E-state index contributed by atoms with van der Waals surface area (Å²) in [5, 5.41) is 0. The SMILES string of the molecule is CC1CCCN(C2CCC(C)(C)C2N)CC1. The van der Waals surface area contributed by atoms with E-state index < -0.39 is 0 Å². The van der Waals surface area contributed by atoms with E-state index in [-0.39, 0.29) is 0 Å². The van der Waals surface area contributed by atoms with E-state index in [1.807, 2.05) is 0 Å². The van der Waals surface area contributed by atoms with Crippen LogP contribution in [0.2, 0.25) is 0 Å². The molecule has 1 aliphatic carbocycles. The fraction of sp³-hybridized carbons (Fsp3) is 1.00. The smallest absolute Gasteiger partial charge is 0.0252 e. The molecule has 1 heterocycles. The maximum Gasteiger partial charge on any atom is 0.0252 e. The monoisotopic (exact) mass is 224 g/mol. The standard InChI is InChI=1S/C14H28N2/c1-11-5-4-9-16(10-7-11)12-6-8-14(2,3)13(12)15/h11-13H,4-10,15H2,1-3H3. The van der Waals surface area contributed by atoms with Crippen LogP contribution in [0.1, 0.15) is 52.9 Å². The molecule has 1 saturated heterocycles. The fourth-order valence-electron chi connectivity index (χ4n) is 3.41. The summed E-state index contributed by atoms with van der Waals surface area (Å²) in [6.07, 6.45) is 6.74. The summed E-state index contributed by atoms with van der Waals surface area (Å²) in [6, 6.07) is 1.03. The van der Waals surface area contributed by atoms with E-state index in [0.717, 1.165) is 5.92 Å². The first-order valence-electron chi connectivity index (χ1n) is 7.00. The predicted molar refractivity (Wildman–Crippen MR) is 69.4 cm³/mol. The summed E-state index contributed by atoms with van der Waals surface area (Å²) in [4.78, 5) is 2.68. The van der Waals surface area contributed by atoms with Crippen molar-refractivity contribution in [1.29, 1.82) is 0 Å². The van der Waals surface area contributed by atoms with Gasteiger partial charge in [0.1, 0.15) is 0 Å². The minimum atomic E-state index is 0.350. The number of rotatable bonds is 1. The van der Waals surface area contributed by atoms with Gasteiger partial charge in [0.15, 0.2) is 0 Å². The first-order chi connectivity index (χ1) is 7.50. The summed E-state index contributed by atoms with van der Waals surface area (Å²) in [6.45, 7) is 9.60. The van der Waals surface area contributed by atoms with Crippen LogP contribution in [0.25, 0.3) is 0 Å². The Morgan fingerprint density at radius 2 is 1.88 bits per heavy atom. The van der Waals surface area contributed by atoms with Gasteiger partial charge < -0.3 is 5.73 Å². The van der Waals surface area contributed by atoms with Crippen molar-refractivity contribution in [2.45, 2.75) is 65.0 Å². The second kappa shape index (κ2) is 4.66. The van der Waals surface area contributed by atoms with Gasteiger partial charge in [0, 0.05) is 12.1 Å². The molecule has 94 valence electrons. The lowest BCUT2D eigenvalue weighted by Crippen LogP contribution is -2.49. The van der Waals surface area contributed by atoms with Crippen molar-refractivity contribution < 1.29 is 0 Å². The highest BCUT2D eigenvalue weighted by molar-refractivity contribution is 4.99. The zero-order chi connectivity index (χ0) is 11.8. The van der Waals surface area contributed by atoms with Crippen LogP contribution < -0.4 is 5.73 Å². The molecule has 0 radical (unpaired) electrons. The summed E-state index contributed by atoms with van der Waals surface area (Å²) >= 11 is 0. The highest BCUT2D eigenvalue weighted by Gasteiger charge is 2.42. The van der Waals surface area contributed by atoms with Crippen LogP contribution in [0.15, 0.2) is 0 Å². The zero-order valence-electron chi connectivity index (χ0n) is 11.2. The molecular weight excluding hydrogens is 196 g/mol. The van der Waals surface area contributed by atoms with E-state index >= 15 is 0 Å². The van der Waals surface area contributed by atoms with Gasteiger partial charge >= 0.3 is 0 Å². The van der Waals surface area contributed by atoms with Crippen LogP contribution in [0.4, 0.5) is 0 Å². The summed E-state index contributed by atoms with van der Waals surface area (Å²) in [7, 11) is 0. The van der Waals surface area contributed by atoms with Crippen LogP contribution in [0.5, 0.6) is 0 Å². The molecule has 2 N–H and O–H groups in total. The molecule has 0 amide bonds. The molecule has 2 nitrogen and oxygen atoms in total. The Hall–Kier alpha value is -0.0800. The first kappa shape index (κ1) is 12.4. The molecule has 0 spiro atoms. The van der Waals surface area contributed by atoms with Gasteiger partial charge in [-0.3, -0.25) is 4.90 Å². The molecule has 1 saturated carbocycles. The normalized spacial score (nSPS) is 40.9. The lowest BCUT2D eigenvalue weighted by molar-refractivity contribution is 0.168. The molecule has 2 aliphatic rings. The van der Waals surface area contributed by atoms with Gasteiger partial charge in [-0.05, 0) is 56.5 Å². The van der Waals surface area contributed by atoms with Crippen molar-refractivity contribution in [3.8, 4) is 0 Å². The highest BCUT2D eigenvalue weighted by Crippen LogP contribution is 2.39. The number of nitrogens with two attached hydrogens (primary N) is 1. The minimum absolute atomic E-state index is 0.350. The molecule has 1 aliphatic heterocycles. The van der Waals surface area contributed by atoms with Crippen LogP contribution in [0, 0.1) is 11.3 Å². The highest BCUT2D eigenvalue weighted by atomic mass is 15.2. The molecule has 2 fully saturated rings. The predicted octanol–water partition coefficient (Wildman–Crippen LogP) is 2.62. The Kier molecular flexibility index (Phi) is 3.60. The Morgan fingerprint density at radius 3 is 2.50 bits per heavy atom. The van der Waals surface area contributed by atoms with Crippen LogP contribution in [-0.2, 0) is 0 Å². The first-order valence-corrected chi connectivity index (χ1v) is 7.00. The fourth-order valence-corrected chi connectivity index (χ4v) is 3.41. The number of nitrogens with zero attached hydrogens (tertiary/aromatic N) is 1. The molecule has 0 aromatic heterocycles. The zero-order valence-corrected chi connectivity index (χ0v) is 11.2.